The Morgan fingerprint density at radius 1 is 0.577 bits per heavy atom. The van der Waals surface area contributed by atoms with E-state index in [2.05, 4.69) is 22.5 Å². The van der Waals surface area contributed by atoms with E-state index in [1.54, 1.807) is 0 Å². The lowest BCUT2D eigenvalue weighted by Gasteiger charge is -2.24. The number of ether oxygens (including phenoxy) is 2. The summed E-state index contributed by atoms with van der Waals surface area (Å²) in [7, 11) is 0. The van der Waals surface area contributed by atoms with Crippen molar-refractivity contribution in [1.29, 1.82) is 0 Å². The summed E-state index contributed by atoms with van der Waals surface area (Å²) < 4.78 is 10.7. The van der Waals surface area contributed by atoms with Crippen molar-refractivity contribution in [2.24, 2.45) is 0 Å². The van der Waals surface area contributed by atoms with Crippen molar-refractivity contribution in [3.63, 3.8) is 0 Å². The molecule has 4 aromatic carbocycles. The Labute approximate surface area is 302 Å². The molecule has 0 spiro atoms. The first-order chi connectivity index (χ1) is 24.9. The first kappa shape index (κ1) is 36.8. The van der Waals surface area contributed by atoms with E-state index < -0.39 is 35.2 Å². The number of hydrogen-bond acceptors (Lipinski definition) is 6. The Bertz CT molecular complexity index is 1860. The zero-order valence-corrected chi connectivity index (χ0v) is 28.7. The van der Waals surface area contributed by atoms with Crippen LogP contribution in [0.1, 0.15) is 60.8 Å². The standard InChI is InChI=1S/2C21H19NO4/c2*1-3-12-21(2,19(23)24)22-20(25)26-13-18-16-10-6-4-8-14(16)15-9-5-7-11-17(15)18/h2*1,4-11,18H,12-13H2,2H3,(H,22,25)(H,23,24)/t2*21-/m10/s1. The third-order valence-corrected chi connectivity index (χ3v) is 9.30. The lowest BCUT2D eigenvalue weighted by molar-refractivity contribution is -0.144. The number of rotatable bonds is 10. The van der Waals surface area contributed by atoms with Gasteiger partial charge in [0.05, 0.1) is 0 Å². The van der Waals surface area contributed by atoms with Crippen LogP contribution in [0.5, 0.6) is 0 Å². The highest BCUT2D eigenvalue weighted by atomic mass is 16.6. The van der Waals surface area contributed by atoms with Crippen molar-refractivity contribution >= 4 is 24.1 Å². The molecule has 52 heavy (non-hydrogen) atoms. The van der Waals surface area contributed by atoms with Gasteiger partial charge in [-0.1, -0.05) is 97.1 Å². The van der Waals surface area contributed by atoms with Crippen molar-refractivity contribution in [2.75, 3.05) is 13.2 Å². The third kappa shape index (κ3) is 7.62. The number of fused-ring (bicyclic) bond motifs is 6. The van der Waals surface area contributed by atoms with Crippen molar-refractivity contribution < 1.29 is 38.9 Å². The molecule has 10 nitrogen and oxygen atoms in total. The van der Waals surface area contributed by atoms with E-state index >= 15 is 0 Å². The van der Waals surface area contributed by atoms with Gasteiger partial charge in [-0.15, -0.1) is 24.7 Å². The molecule has 6 rings (SSSR count). The number of amides is 2. The molecule has 0 unspecified atom stereocenters. The number of hydrogen-bond donors (Lipinski definition) is 4. The minimum absolute atomic E-state index is 0.0862. The third-order valence-electron chi connectivity index (χ3n) is 9.30. The number of carbonyl (C=O) groups excluding carboxylic acids is 2. The zero-order valence-electron chi connectivity index (χ0n) is 28.7. The molecule has 0 bridgehead atoms. The van der Waals surface area contributed by atoms with Gasteiger partial charge in [0.2, 0.25) is 0 Å². The van der Waals surface area contributed by atoms with Crippen molar-refractivity contribution in [1.82, 2.24) is 10.6 Å². The predicted octanol–water partition coefficient (Wildman–Crippen LogP) is 6.78. The van der Waals surface area contributed by atoms with Crippen LogP contribution < -0.4 is 10.6 Å². The average molecular weight is 699 g/mol. The molecule has 0 aromatic heterocycles. The molecule has 4 aromatic rings. The average Bonchev–Trinajstić information content (AvgIpc) is 3.62. The van der Waals surface area contributed by atoms with Crippen molar-refractivity contribution in [3.05, 3.63) is 119 Å². The molecule has 4 N–H and O–H groups in total. The summed E-state index contributed by atoms with van der Waals surface area (Å²) in [5.41, 5.74) is 5.74. The van der Waals surface area contributed by atoms with Crippen LogP contribution in [-0.4, -0.2) is 58.6 Å². The van der Waals surface area contributed by atoms with Crippen molar-refractivity contribution in [3.8, 4) is 46.9 Å². The lowest BCUT2D eigenvalue weighted by Crippen LogP contribution is -2.52. The van der Waals surface area contributed by atoms with Gasteiger partial charge in [0.1, 0.15) is 24.3 Å². The highest BCUT2D eigenvalue weighted by molar-refractivity contribution is 5.85. The molecule has 0 saturated heterocycles. The zero-order chi connectivity index (χ0) is 37.5. The summed E-state index contributed by atoms with van der Waals surface area (Å²) in [6.07, 6.45) is 8.54. The minimum Gasteiger partial charge on any atom is -0.479 e. The lowest BCUT2D eigenvalue weighted by atomic mass is 9.98. The fourth-order valence-electron chi connectivity index (χ4n) is 6.47. The Kier molecular flexibility index (Phi) is 11.0. The summed E-state index contributed by atoms with van der Waals surface area (Å²) in [4.78, 5) is 47.0. The first-order valence-electron chi connectivity index (χ1n) is 16.5. The Morgan fingerprint density at radius 3 is 1.10 bits per heavy atom. The predicted molar refractivity (Wildman–Crippen MR) is 195 cm³/mol. The van der Waals surface area contributed by atoms with E-state index in [1.165, 1.54) is 13.8 Å². The number of carbonyl (C=O) groups is 4. The largest absolute Gasteiger partial charge is 0.479 e. The number of nitrogens with one attached hydrogen (secondary N) is 2. The van der Waals surface area contributed by atoms with Crippen molar-refractivity contribution in [2.45, 2.75) is 49.6 Å². The van der Waals surface area contributed by atoms with Gasteiger partial charge in [-0.3, -0.25) is 0 Å². The van der Waals surface area contributed by atoms with E-state index in [9.17, 15) is 29.4 Å². The monoisotopic (exact) mass is 698 g/mol. The molecule has 0 saturated carbocycles. The maximum Gasteiger partial charge on any atom is 0.408 e. The number of carboxylic acid groups (broad SMARTS) is 2. The second-order valence-corrected chi connectivity index (χ2v) is 12.9. The van der Waals surface area contributed by atoms with Gasteiger partial charge >= 0.3 is 24.1 Å². The Balaban J connectivity index is 0.000000201. The van der Waals surface area contributed by atoms with E-state index in [0.29, 0.717) is 0 Å². The van der Waals surface area contributed by atoms with Gasteiger partial charge < -0.3 is 30.3 Å². The highest BCUT2D eigenvalue weighted by Gasteiger charge is 2.37. The van der Waals surface area contributed by atoms with Crippen LogP contribution >= 0.6 is 0 Å². The molecular weight excluding hydrogens is 660 g/mol. The van der Waals surface area contributed by atoms with Crippen LogP contribution in [0.3, 0.4) is 0 Å². The second-order valence-electron chi connectivity index (χ2n) is 12.9. The van der Waals surface area contributed by atoms with Gasteiger partial charge in [-0.2, -0.15) is 0 Å². The van der Waals surface area contributed by atoms with E-state index in [4.69, 9.17) is 22.3 Å². The smallest absolute Gasteiger partial charge is 0.408 e. The molecule has 0 heterocycles. The molecule has 0 fully saturated rings. The molecule has 10 heteroatoms. The Hall–Kier alpha value is -6.52. The maximum absolute atomic E-state index is 12.2. The number of benzene rings is 4. The molecule has 2 aliphatic carbocycles. The van der Waals surface area contributed by atoms with Crippen LogP contribution in [-0.2, 0) is 19.1 Å². The van der Waals surface area contributed by atoms with Crippen LogP contribution in [0, 0.1) is 24.7 Å². The summed E-state index contributed by atoms with van der Waals surface area (Å²) >= 11 is 0. The Morgan fingerprint density at radius 2 is 0.846 bits per heavy atom. The molecule has 2 amide bonds. The number of terminal acetylenes is 2. The van der Waals surface area contributed by atoms with Crippen LogP contribution in [0.15, 0.2) is 97.1 Å². The summed E-state index contributed by atoms with van der Waals surface area (Å²) in [6, 6.07) is 31.9. The SMILES string of the molecule is C#CC[C@@](C)(NC(=O)OCC1c2ccccc2-c2ccccc21)C(=O)O.C#CC[C@](C)(NC(=O)OCC1c2ccccc2-c2ccccc21)C(=O)O. The quantitative estimate of drug-likeness (QED) is 0.132. The van der Waals surface area contributed by atoms with E-state index in [-0.39, 0.29) is 37.9 Å². The van der Waals surface area contributed by atoms with E-state index in [0.717, 1.165) is 44.5 Å². The highest BCUT2D eigenvalue weighted by Crippen LogP contribution is 2.45. The van der Waals surface area contributed by atoms with Crippen LogP contribution in [0.2, 0.25) is 0 Å². The summed E-state index contributed by atoms with van der Waals surface area (Å²) in [5, 5.41) is 23.3. The fourth-order valence-corrected chi connectivity index (χ4v) is 6.47. The molecule has 0 aliphatic heterocycles. The second kappa shape index (κ2) is 15.6. The molecule has 2 atom stereocenters. The van der Waals surface area contributed by atoms with Gasteiger partial charge in [0, 0.05) is 24.7 Å². The van der Waals surface area contributed by atoms with Gasteiger partial charge in [0.15, 0.2) is 0 Å². The maximum atomic E-state index is 12.2. The fraction of sp³-hybridized carbons (Fsp3) is 0.238. The van der Waals surface area contributed by atoms with Crippen LogP contribution in [0.25, 0.3) is 22.3 Å². The van der Waals surface area contributed by atoms with Crippen LogP contribution in [0.4, 0.5) is 9.59 Å². The van der Waals surface area contributed by atoms with Gasteiger partial charge in [-0.25, -0.2) is 19.2 Å². The topological polar surface area (TPSA) is 151 Å². The van der Waals surface area contributed by atoms with Gasteiger partial charge in [-0.05, 0) is 58.4 Å². The summed E-state index contributed by atoms with van der Waals surface area (Å²) in [5.74, 6) is 1.95. The number of alkyl carbamates (subject to hydrolysis) is 2. The summed E-state index contributed by atoms with van der Waals surface area (Å²) in [6.45, 7) is 2.95. The van der Waals surface area contributed by atoms with E-state index in [1.807, 2.05) is 97.1 Å². The van der Waals surface area contributed by atoms with Gasteiger partial charge in [0.25, 0.3) is 0 Å². The molecule has 0 radical (unpaired) electrons. The molecule has 2 aliphatic rings. The number of aliphatic carboxylic acids is 2. The molecular formula is C42H38N2O8. The minimum atomic E-state index is -1.56. The number of carboxylic acids is 2. The first-order valence-corrected chi connectivity index (χ1v) is 16.5. The molecule has 264 valence electrons. The normalized spacial score (nSPS) is 14.5.